The molecule has 0 aliphatic heterocycles. The highest BCUT2D eigenvalue weighted by Gasteiger charge is 2.28. The third-order valence-corrected chi connectivity index (χ3v) is 2.92. The van der Waals surface area contributed by atoms with Crippen molar-refractivity contribution in [2.24, 2.45) is 0 Å². The van der Waals surface area contributed by atoms with Crippen molar-refractivity contribution < 1.29 is 13.2 Å². The number of halogens is 3. The first-order valence-corrected chi connectivity index (χ1v) is 6.24. The van der Waals surface area contributed by atoms with Crippen molar-refractivity contribution in [3.63, 3.8) is 0 Å². The Morgan fingerprint density at radius 1 is 1.21 bits per heavy atom. The standard InChI is InChI=1S/C14H17F3N2/c1-10(2)18-8-12-5-3-4-11-6-7-19(13(11)12)9-14(15,16)17/h3-7,10,18H,8-9H2,1-2H3. The number of nitrogens with one attached hydrogen (secondary N) is 1. The minimum absolute atomic E-state index is 0.293. The van der Waals surface area contributed by atoms with Crippen molar-refractivity contribution in [1.29, 1.82) is 0 Å². The number of fused-ring (bicyclic) bond motifs is 1. The van der Waals surface area contributed by atoms with E-state index >= 15 is 0 Å². The molecule has 0 fully saturated rings. The lowest BCUT2D eigenvalue weighted by Gasteiger charge is -2.13. The molecule has 1 aromatic heterocycles. The van der Waals surface area contributed by atoms with E-state index in [1.165, 1.54) is 10.8 Å². The largest absolute Gasteiger partial charge is 0.406 e. The zero-order valence-electron chi connectivity index (χ0n) is 11.0. The van der Waals surface area contributed by atoms with Gasteiger partial charge in [-0.3, -0.25) is 0 Å². The van der Waals surface area contributed by atoms with Crippen molar-refractivity contribution in [1.82, 2.24) is 9.88 Å². The van der Waals surface area contributed by atoms with E-state index in [2.05, 4.69) is 5.32 Å². The molecule has 2 rings (SSSR count). The summed E-state index contributed by atoms with van der Waals surface area (Å²) in [6.07, 6.45) is -2.71. The summed E-state index contributed by atoms with van der Waals surface area (Å²) in [5, 5.41) is 4.08. The molecule has 19 heavy (non-hydrogen) atoms. The topological polar surface area (TPSA) is 17.0 Å². The third-order valence-electron chi connectivity index (χ3n) is 2.92. The summed E-state index contributed by atoms with van der Waals surface area (Å²) in [4.78, 5) is 0. The molecular weight excluding hydrogens is 253 g/mol. The summed E-state index contributed by atoms with van der Waals surface area (Å²) < 4.78 is 38.9. The SMILES string of the molecule is CC(C)NCc1cccc2ccn(CC(F)(F)F)c12. The van der Waals surface area contributed by atoms with Crippen LogP contribution in [0.25, 0.3) is 10.9 Å². The Morgan fingerprint density at radius 3 is 2.58 bits per heavy atom. The summed E-state index contributed by atoms with van der Waals surface area (Å²) >= 11 is 0. The third kappa shape index (κ3) is 3.50. The van der Waals surface area contributed by atoms with Gasteiger partial charge in [-0.2, -0.15) is 13.2 Å². The Labute approximate surface area is 110 Å². The lowest BCUT2D eigenvalue weighted by atomic mass is 10.1. The second-order valence-electron chi connectivity index (χ2n) is 4.95. The predicted octanol–water partition coefficient (Wildman–Crippen LogP) is 3.70. The lowest BCUT2D eigenvalue weighted by Crippen LogP contribution is -2.23. The van der Waals surface area contributed by atoms with Crippen molar-refractivity contribution in [2.45, 2.75) is 39.2 Å². The minimum atomic E-state index is -4.20. The van der Waals surface area contributed by atoms with Crippen LogP contribution < -0.4 is 5.32 Å². The van der Waals surface area contributed by atoms with Crippen molar-refractivity contribution in [2.75, 3.05) is 0 Å². The van der Waals surface area contributed by atoms with E-state index in [4.69, 9.17) is 0 Å². The first-order chi connectivity index (χ1) is 8.87. The molecule has 2 aromatic rings. The Hall–Kier alpha value is -1.49. The quantitative estimate of drug-likeness (QED) is 0.896. The van der Waals surface area contributed by atoms with Crippen LogP contribution in [0.15, 0.2) is 30.5 Å². The summed E-state index contributed by atoms with van der Waals surface area (Å²) in [6.45, 7) is 3.63. The minimum Gasteiger partial charge on any atom is -0.338 e. The van der Waals surface area contributed by atoms with E-state index in [0.717, 1.165) is 10.9 Å². The molecule has 1 heterocycles. The molecule has 104 valence electrons. The zero-order chi connectivity index (χ0) is 14.0. The number of nitrogens with zero attached hydrogens (tertiary/aromatic N) is 1. The maximum atomic E-state index is 12.6. The molecule has 0 unspecified atom stereocenters. The normalized spacial score (nSPS) is 12.5. The summed E-state index contributed by atoms with van der Waals surface area (Å²) in [6, 6.07) is 7.59. The molecule has 0 bridgehead atoms. The fourth-order valence-corrected chi connectivity index (χ4v) is 2.12. The van der Waals surface area contributed by atoms with E-state index in [1.807, 2.05) is 32.0 Å². The number of alkyl halides is 3. The van der Waals surface area contributed by atoms with Gasteiger partial charge in [-0.05, 0) is 17.0 Å². The molecule has 1 aromatic carbocycles. The van der Waals surface area contributed by atoms with Gasteiger partial charge in [-0.15, -0.1) is 0 Å². The van der Waals surface area contributed by atoms with Crippen LogP contribution in [-0.4, -0.2) is 16.8 Å². The Balaban J connectivity index is 2.37. The number of aromatic nitrogens is 1. The van der Waals surface area contributed by atoms with Gasteiger partial charge in [0.2, 0.25) is 0 Å². The fourth-order valence-electron chi connectivity index (χ4n) is 2.12. The van der Waals surface area contributed by atoms with Gasteiger partial charge in [0.15, 0.2) is 0 Å². The van der Waals surface area contributed by atoms with Gasteiger partial charge in [-0.1, -0.05) is 32.0 Å². The zero-order valence-corrected chi connectivity index (χ0v) is 11.0. The molecule has 0 spiro atoms. The molecule has 0 radical (unpaired) electrons. The van der Waals surface area contributed by atoms with Gasteiger partial charge in [0, 0.05) is 18.8 Å². The van der Waals surface area contributed by atoms with Crippen LogP contribution in [0.4, 0.5) is 13.2 Å². The number of hydrogen-bond acceptors (Lipinski definition) is 1. The van der Waals surface area contributed by atoms with Crippen LogP contribution in [0.2, 0.25) is 0 Å². The average molecular weight is 270 g/mol. The van der Waals surface area contributed by atoms with E-state index in [0.29, 0.717) is 18.1 Å². The Bertz CT molecular complexity index is 555. The summed E-state index contributed by atoms with van der Waals surface area (Å²) in [5.41, 5.74) is 1.55. The Kier molecular flexibility index (Phi) is 3.85. The maximum Gasteiger partial charge on any atom is 0.406 e. The van der Waals surface area contributed by atoms with Gasteiger partial charge in [0.1, 0.15) is 6.54 Å². The van der Waals surface area contributed by atoms with Crippen molar-refractivity contribution >= 4 is 10.9 Å². The first kappa shape index (κ1) is 13.9. The first-order valence-electron chi connectivity index (χ1n) is 6.24. The van der Waals surface area contributed by atoms with Crippen LogP contribution in [0.3, 0.4) is 0 Å². The summed E-state index contributed by atoms with van der Waals surface area (Å²) in [7, 11) is 0. The van der Waals surface area contributed by atoms with Crippen LogP contribution in [0, 0.1) is 0 Å². The molecule has 5 heteroatoms. The molecule has 1 N–H and O–H groups in total. The smallest absolute Gasteiger partial charge is 0.338 e. The van der Waals surface area contributed by atoms with E-state index in [-0.39, 0.29) is 0 Å². The number of rotatable bonds is 4. The molecule has 0 aliphatic carbocycles. The molecule has 2 nitrogen and oxygen atoms in total. The second kappa shape index (κ2) is 5.25. The van der Waals surface area contributed by atoms with E-state index in [9.17, 15) is 13.2 Å². The molecule has 0 saturated carbocycles. The van der Waals surface area contributed by atoms with Gasteiger partial charge < -0.3 is 9.88 Å². The maximum absolute atomic E-state index is 12.6. The van der Waals surface area contributed by atoms with Crippen LogP contribution in [0.5, 0.6) is 0 Å². The highest BCUT2D eigenvalue weighted by Crippen LogP contribution is 2.25. The Morgan fingerprint density at radius 2 is 1.95 bits per heavy atom. The second-order valence-corrected chi connectivity index (χ2v) is 4.95. The number of para-hydroxylation sites is 1. The van der Waals surface area contributed by atoms with Crippen LogP contribution in [-0.2, 0) is 13.1 Å². The van der Waals surface area contributed by atoms with Crippen molar-refractivity contribution in [3.8, 4) is 0 Å². The number of benzene rings is 1. The molecule has 0 saturated heterocycles. The van der Waals surface area contributed by atoms with Gasteiger partial charge >= 0.3 is 6.18 Å². The monoisotopic (exact) mass is 270 g/mol. The highest BCUT2D eigenvalue weighted by atomic mass is 19.4. The highest BCUT2D eigenvalue weighted by molar-refractivity contribution is 5.83. The van der Waals surface area contributed by atoms with Gasteiger partial charge in [0.05, 0.1) is 5.52 Å². The summed E-state index contributed by atoms with van der Waals surface area (Å²) in [5.74, 6) is 0. The lowest BCUT2D eigenvalue weighted by molar-refractivity contribution is -0.139. The molecule has 0 aliphatic rings. The van der Waals surface area contributed by atoms with Gasteiger partial charge in [-0.25, -0.2) is 0 Å². The van der Waals surface area contributed by atoms with E-state index in [1.54, 1.807) is 6.07 Å². The van der Waals surface area contributed by atoms with Crippen LogP contribution >= 0.6 is 0 Å². The molecular formula is C14H17F3N2. The van der Waals surface area contributed by atoms with E-state index < -0.39 is 12.7 Å². The van der Waals surface area contributed by atoms with Crippen LogP contribution in [0.1, 0.15) is 19.4 Å². The van der Waals surface area contributed by atoms with Gasteiger partial charge in [0.25, 0.3) is 0 Å². The fraction of sp³-hybridized carbons (Fsp3) is 0.429. The average Bonchev–Trinajstić information content (AvgIpc) is 2.68. The number of hydrogen-bond donors (Lipinski definition) is 1. The molecule has 0 atom stereocenters. The molecule has 0 amide bonds. The predicted molar refractivity (Wildman–Crippen MR) is 70.0 cm³/mol. The van der Waals surface area contributed by atoms with Crippen molar-refractivity contribution in [3.05, 3.63) is 36.0 Å².